The summed E-state index contributed by atoms with van der Waals surface area (Å²) in [5.41, 5.74) is 2.75. The Morgan fingerprint density at radius 1 is 1.22 bits per heavy atom. The monoisotopic (exact) mass is 375 g/mol. The number of pyridine rings is 1. The van der Waals surface area contributed by atoms with Crippen molar-refractivity contribution >= 4 is 15.9 Å². The second-order valence-corrected chi connectivity index (χ2v) is 6.06. The fraction of sp³-hybridized carbons (Fsp3) is 0.176. The topological polar surface area (TPSA) is 39.9 Å². The van der Waals surface area contributed by atoms with Crippen molar-refractivity contribution < 1.29 is 9.13 Å². The number of rotatable bonds is 4. The smallest absolute Gasteiger partial charge is 0.221 e. The molecule has 4 nitrogen and oxygen atoms in total. The van der Waals surface area contributed by atoms with Crippen LogP contribution in [0.1, 0.15) is 18.5 Å². The van der Waals surface area contributed by atoms with E-state index < -0.39 is 0 Å². The number of nitrogens with zero attached hydrogens (tertiary/aromatic N) is 3. The molecule has 3 aromatic rings. The minimum absolute atomic E-state index is 0.00421. The molecule has 2 aromatic heterocycles. The first kappa shape index (κ1) is 15.7. The van der Waals surface area contributed by atoms with Gasteiger partial charge in [-0.05, 0) is 46.6 Å². The number of ether oxygens (including phenoxy) is 1. The summed E-state index contributed by atoms with van der Waals surface area (Å²) in [5.74, 6) is 0.300. The Balaban J connectivity index is 1.94. The highest BCUT2D eigenvalue weighted by Gasteiger charge is 2.14. The maximum absolute atomic E-state index is 13.1. The molecule has 0 bridgehead atoms. The van der Waals surface area contributed by atoms with Crippen molar-refractivity contribution in [2.75, 3.05) is 7.11 Å². The van der Waals surface area contributed by atoms with Gasteiger partial charge in [-0.2, -0.15) is 5.10 Å². The Morgan fingerprint density at radius 2 is 1.96 bits per heavy atom. The van der Waals surface area contributed by atoms with E-state index in [1.165, 1.54) is 12.1 Å². The van der Waals surface area contributed by atoms with Crippen molar-refractivity contribution in [3.63, 3.8) is 0 Å². The van der Waals surface area contributed by atoms with Crippen LogP contribution in [0, 0.1) is 5.82 Å². The maximum atomic E-state index is 13.1. The SMILES string of the molecule is COc1ncc(Br)cc1-c1cnn([C@H](C)c2ccc(F)cc2)c1. The molecule has 3 rings (SSSR count). The zero-order chi connectivity index (χ0) is 16.4. The molecule has 0 spiro atoms. The average molecular weight is 376 g/mol. The molecular weight excluding hydrogens is 361 g/mol. The summed E-state index contributed by atoms with van der Waals surface area (Å²) in [6.07, 6.45) is 5.39. The molecule has 0 aliphatic carbocycles. The quantitative estimate of drug-likeness (QED) is 0.675. The van der Waals surface area contributed by atoms with Crippen molar-refractivity contribution in [1.29, 1.82) is 0 Å². The predicted octanol–water partition coefficient (Wildman–Crippen LogP) is 4.46. The Morgan fingerprint density at radius 3 is 2.65 bits per heavy atom. The average Bonchev–Trinajstić information content (AvgIpc) is 3.04. The van der Waals surface area contributed by atoms with Crippen LogP contribution in [0.15, 0.2) is 53.4 Å². The summed E-state index contributed by atoms with van der Waals surface area (Å²) in [7, 11) is 1.59. The van der Waals surface area contributed by atoms with Crippen LogP contribution < -0.4 is 4.74 Å². The van der Waals surface area contributed by atoms with E-state index in [2.05, 4.69) is 26.0 Å². The van der Waals surface area contributed by atoms with E-state index in [1.54, 1.807) is 31.6 Å². The molecular formula is C17H15BrFN3O. The van der Waals surface area contributed by atoms with Crippen LogP contribution in [-0.2, 0) is 0 Å². The van der Waals surface area contributed by atoms with E-state index in [-0.39, 0.29) is 11.9 Å². The number of hydrogen-bond donors (Lipinski definition) is 0. The highest BCUT2D eigenvalue weighted by molar-refractivity contribution is 9.10. The summed E-state index contributed by atoms with van der Waals surface area (Å²) in [6.45, 7) is 2.01. The van der Waals surface area contributed by atoms with Crippen molar-refractivity contribution in [2.24, 2.45) is 0 Å². The van der Waals surface area contributed by atoms with E-state index in [0.717, 1.165) is 21.2 Å². The second kappa shape index (κ2) is 6.50. The van der Waals surface area contributed by atoms with Crippen molar-refractivity contribution in [2.45, 2.75) is 13.0 Å². The van der Waals surface area contributed by atoms with Crippen LogP contribution in [0.3, 0.4) is 0 Å². The van der Waals surface area contributed by atoms with Crippen molar-refractivity contribution in [3.05, 3.63) is 64.8 Å². The number of benzene rings is 1. The second-order valence-electron chi connectivity index (χ2n) is 5.15. The molecule has 0 saturated carbocycles. The zero-order valence-corrected chi connectivity index (χ0v) is 14.3. The third-order valence-electron chi connectivity index (χ3n) is 3.67. The minimum atomic E-state index is -0.243. The summed E-state index contributed by atoms with van der Waals surface area (Å²) in [4.78, 5) is 4.25. The molecule has 0 N–H and O–H groups in total. The summed E-state index contributed by atoms with van der Waals surface area (Å²) in [6, 6.07) is 8.38. The Kier molecular flexibility index (Phi) is 4.43. The number of halogens is 2. The van der Waals surface area contributed by atoms with Crippen LogP contribution in [0.25, 0.3) is 11.1 Å². The van der Waals surface area contributed by atoms with E-state index in [9.17, 15) is 4.39 Å². The fourth-order valence-corrected chi connectivity index (χ4v) is 2.71. The summed E-state index contributed by atoms with van der Waals surface area (Å²) >= 11 is 3.42. The Hall–Kier alpha value is -2.21. The van der Waals surface area contributed by atoms with Gasteiger partial charge in [0, 0.05) is 28.0 Å². The highest BCUT2D eigenvalue weighted by atomic mass is 79.9. The standard InChI is InChI=1S/C17H15BrFN3O/c1-11(12-3-5-15(19)6-4-12)22-10-13(8-21-22)16-7-14(18)9-20-17(16)23-2/h3-11H,1-2H3/t11-/m1/s1. The lowest BCUT2D eigenvalue weighted by Crippen LogP contribution is -2.06. The molecule has 0 amide bonds. The van der Waals surface area contributed by atoms with Gasteiger partial charge in [-0.25, -0.2) is 9.37 Å². The molecule has 118 valence electrons. The molecule has 0 aliphatic heterocycles. The van der Waals surface area contributed by atoms with E-state index >= 15 is 0 Å². The van der Waals surface area contributed by atoms with Gasteiger partial charge in [-0.3, -0.25) is 4.68 Å². The van der Waals surface area contributed by atoms with E-state index in [4.69, 9.17) is 4.74 Å². The van der Waals surface area contributed by atoms with Gasteiger partial charge in [0.1, 0.15) is 5.82 Å². The third kappa shape index (κ3) is 3.27. The third-order valence-corrected chi connectivity index (χ3v) is 4.11. The number of aromatic nitrogens is 3. The minimum Gasteiger partial charge on any atom is -0.481 e. The Labute approximate surface area is 142 Å². The first-order valence-corrected chi connectivity index (χ1v) is 7.87. The lowest BCUT2D eigenvalue weighted by atomic mass is 10.1. The molecule has 0 fully saturated rings. The van der Waals surface area contributed by atoms with Gasteiger partial charge in [-0.15, -0.1) is 0 Å². The maximum Gasteiger partial charge on any atom is 0.221 e. The van der Waals surface area contributed by atoms with Gasteiger partial charge in [0.05, 0.1) is 19.3 Å². The van der Waals surface area contributed by atoms with Gasteiger partial charge in [0.2, 0.25) is 5.88 Å². The van der Waals surface area contributed by atoms with Crippen LogP contribution in [0.5, 0.6) is 5.88 Å². The fourth-order valence-electron chi connectivity index (χ4n) is 2.38. The molecule has 2 heterocycles. The first-order valence-electron chi connectivity index (χ1n) is 7.08. The summed E-state index contributed by atoms with van der Waals surface area (Å²) < 4.78 is 21.1. The van der Waals surface area contributed by atoms with Crippen molar-refractivity contribution in [1.82, 2.24) is 14.8 Å². The number of methoxy groups -OCH3 is 1. The molecule has 0 saturated heterocycles. The normalized spacial score (nSPS) is 12.2. The molecule has 1 aromatic carbocycles. The van der Waals surface area contributed by atoms with Crippen LogP contribution >= 0.6 is 15.9 Å². The molecule has 0 radical (unpaired) electrons. The van der Waals surface area contributed by atoms with Crippen LogP contribution in [-0.4, -0.2) is 21.9 Å². The predicted molar refractivity (Wildman–Crippen MR) is 89.9 cm³/mol. The van der Waals surface area contributed by atoms with E-state index in [0.29, 0.717) is 5.88 Å². The zero-order valence-electron chi connectivity index (χ0n) is 12.7. The van der Waals surface area contributed by atoms with Crippen LogP contribution in [0.4, 0.5) is 4.39 Å². The molecule has 0 unspecified atom stereocenters. The molecule has 23 heavy (non-hydrogen) atoms. The lowest BCUT2D eigenvalue weighted by molar-refractivity contribution is 0.399. The van der Waals surface area contributed by atoms with Gasteiger partial charge in [0.15, 0.2) is 0 Å². The summed E-state index contributed by atoms with van der Waals surface area (Å²) in [5, 5.41) is 4.42. The van der Waals surface area contributed by atoms with Crippen molar-refractivity contribution in [3.8, 4) is 17.0 Å². The molecule has 1 atom stereocenters. The number of hydrogen-bond acceptors (Lipinski definition) is 3. The highest BCUT2D eigenvalue weighted by Crippen LogP contribution is 2.31. The van der Waals surface area contributed by atoms with E-state index in [1.807, 2.05) is 23.9 Å². The van der Waals surface area contributed by atoms with Gasteiger partial charge in [0.25, 0.3) is 0 Å². The van der Waals surface area contributed by atoms with Crippen LogP contribution in [0.2, 0.25) is 0 Å². The largest absolute Gasteiger partial charge is 0.481 e. The van der Waals surface area contributed by atoms with Gasteiger partial charge >= 0.3 is 0 Å². The van der Waals surface area contributed by atoms with Gasteiger partial charge in [-0.1, -0.05) is 12.1 Å². The van der Waals surface area contributed by atoms with Gasteiger partial charge < -0.3 is 4.74 Å². The first-order chi connectivity index (χ1) is 11.1. The Bertz CT molecular complexity index is 817. The molecule has 6 heteroatoms. The lowest BCUT2D eigenvalue weighted by Gasteiger charge is -2.12. The molecule has 0 aliphatic rings.